The number of imidazole rings is 1. The van der Waals surface area contributed by atoms with E-state index in [0.29, 0.717) is 0 Å². The Hall–Kier alpha value is -1.42. The molecule has 1 N–H and O–H groups in total. The number of likely N-dealkylation sites (N-methyl/N-ethyl adjacent to an activating group) is 1. The quantitative estimate of drug-likeness (QED) is 0.778. The largest absolute Gasteiger partial charge is 0.319 e. The zero-order valence-electron chi connectivity index (χ0n) is 8.49. The Morgan fingerprint density at radius 1 is 1.43 bits per heavy atom. The van der Waals surface area contributed by atoms with Gasteiger partial charge in [0.25, 0.3) is 0 Å². The molecule has 2 rings (SSSR count). The first-order valence-electron chi connectivity index (χ1n) is 4.76. The fourth-order valence-electron chi connectivity index (χ4n) is 1.40. The lowest BCUT2D eigenvalue weighted by Gasteiger charge is -1.92. The number of rotatable bonds is 3. The molecule has 0 aliphatic heterocycles. The Bertz CT molecular complexity index is 433. The second kappa shape index (κ2) is 3.75. The van der Waals surface area contributed by atoms with Gasteiger partial charge in [0.15, 0.2) is 5.65 Å². The summed E-state index contributed by atoms with van der Waals surface area (Å²) in [5.74, 6) is 0. The van der Waals surface area contributed by atoms with Crippen LogP contribution in [0.2, 0.25) is 0 Å². The van der Waals surface area contributed by atoms with E-state index >= 15 is 0 Å². The Kier molecular flexibility index (Phi) is 2.45. The maximum atomic E-state index is 4.45. The third-order valence-electron chi connectivity index (χ3n) is 2.13. The van der Waals surface area contributed by atoms with Crippen LogP contribution in [0.4, 0.5) is 0 Å². The standard InChI is InChI=1S/C10H14N4/c1-8-3-4-10-12-9(5-6-11-2)7-14(10)13-8/h3-4,7,11H,5-6H2,1-2H3. The number of nitrogens with zero attached hydrogens (tertiary/aromatic N) is 3. The summed E-state index contributed by atoms with van der Waals surface area (Å²) >= 11 is 0. The van der Waals surface area contributed by atoms with Gasteiger partial charge in [-0.2, -0.15) is 5.10 Å². The van der Waals surface area contributed by atoms with Crippen molar-refractivity contribution in [2.75, 3.05) is 13.6 Å². The number of nitrogens with one attached hydrogen (secondary N) is 1. The van der Waals surface area contributed by atoms with Crippen LogP contribution in [-0.2, 0) is 6.42 Å². The van der Waals surface area contributed by atoms with Gasteiger partial charge in [-0.1, -0.05) is 0 Å². The summed E-state index contributed by atoms with van der Waals surface area (Å²) in [6.45, 7) is 2.93. The molecule has 2 aromatic heterocycles. The van der Waals surface area contributed by atoms with Crippen LogP contribution in [0.1, 0.15) is 11.4 Å². The lowest BCUT2D eigenvalue weighted by Crippen LogP contribution is -2.10. The van der Waals surface area contributed by atoms with Gasteiger partial charge in [0, 0.05) is 13.0 Å². The summed E-state index contributed by atoms with van der Waals surface area (Å²) in [4.78, 5) is 4.45. The van der Waals surface area contributed by atoms with Crippen molar-refractivity contribution >= 4 is 5.65 Å². The summed E-state index contributed by atoms with van der Waals surface area (Å²) in [6.07, 6.45) is 2.93. The van der Waals surface area contributed by atoms with Crippen molar-refractivity contribution < 1.29 is 0 Å². The predicted molar refractivity (Wildman–Crippen MR) is 55.4 cm³/mol. The lowest BCUT2D eigenvalue weighted by molar-refractivity contribution is 0.779. The van der Waals surface area contributed by atoms with Gasteiger partial charge in [0.1, 0.15) is 0 Å². The summed E-state index contributed by atoms with van der Waals surface area (Å²) in [5.41, 5.74) is 3.01. The molecule has 0 aliphatic rings. The van der Waals surface area contributed by atoms with Crippen LogP contribution in [0.3, 0.4) is 0 Å². The van der Waals surface area contributed by atoms with Gasteiger partial charge < -0.3 is 5.32 Å². The SMILES string of the molecule is CNCCc1cn2nc(C)ccc2n1. The molecule has 2 aromatic rings. The number of fused-ring (bicyclic) bond motifs is 1. The maximum absolute atomic E-state index is 4.45. The van der Waals surface area contributed by atoms with Crippen LogP contribution < -0.4 is 5.32 Å². The average molecular weight is 190 g/mol. The molecule has 0 aliphatic carbocycles. The van der Waals surface area contributed by atoms with E-state index in [4.69, 9.17) is 0 Å². The minimum atomic E-state index is 0.918. The predicted octanol–water partition coefficient (Wildman–Crippen LogP) is 0.800. The maximum Gasteiger partial charge on any atom is 0.153 e. The third-order valence-corrected chi connectivity index (χ3v) is 2.13. The number of aryl methyl sites for hydroxylation is 1. The van der Waals surface area contributed by atoms with Gasteiger partial charge in [0.05, 0.1) is 17.6 Å². The molecule has 0 amide bonds. The van der Waals surface area contributed by atoms with Gasteiger partial charge >= 0.3 is 0 Å². The molecule has 0 saturated carbocycles. The summed E-state index contributed by atoms with van der Waals surface area (Å²) in [6, 6.07) is 3.97. The van der Waals surface area contributed by atoms with Crippen LogP contribution in [0.15, 0.2) is 18.3 Å². The summed E-state index contributed by atoms with van der Waals surface area (Å²) in [5, 5.41) is 7.44. The molecule has 0 fully saturated rings. The smallest absolute Gasteiger partial charge is 0.153 e. The van der Waals surface area contributed by atoms with Gasteiger partial charge in [-0.25, -0.2) is 9.50 Å². The molecule has 0 unspecified atom stereocenters. The fourth-order valence-corrected chi connectivity index (χ4v) is 1.40. The van der Waals surface area contributed by atoms with Crippen molar-refractivity contribution in [3.8, 4) is 0 Å². The highest BCUT2D eigenvalue weighted by Gasteiger charge is 2.01. The second-order valence-electron chi connectivity index (χ2n) is 3.36. The van der Waals surface area contributed by atoms with E-state index in [2.05, 4.69) is 15.4 Å². The molecule has 74 valence electrons. The Morgan fingerprint density at radius 3 is 3.07 bits per heavy atom. The van der Waals surface area contributed by atoms with E-state index < -0.39 is 0 Å². The van der Waals surface area contributed by atoms with E-state index in [1.54, 1.807) is 0 Å². The van der Waals surface area contributed by atoms with Crippen molar-refractivity contribution in [3.05, 3.63) is 29.7 Å². The van der Waals surface area contributed by atoms with Crippen LogP contribution in [0, 0.1) is 6.92 Å². The molecule has 0 saturated heterocycles. The highest BCUT2D eigenvalue weighted by Crippen LogP contribution is 2.04. The monoisotopic (exact) mass is 190 g/mol. The first-order valence-corrected chi connectivity index (χ1v) is 4.76. The van der Waals surface area contributed by atoms with Crippen molar-refractivity contribution in [2.24, 2.45) is 0 Å². The van der Waals surface area contributed by atoms with E-state index in [1.165, 1.54) is 0 Å². The molecular weight excluding hydrogens is 176 g/mol. The zero-order chi connectivity index (χ0) is 9.97. The Morgan fingerprint density at radius 2 is 2.29 bits per heavy atom. The first kappa shape index (κ1) is 9.15. The van der Waals surface area contributed by atoms with E-state index in [9.17, 15) is 0 Å². The van der Waals surface area contributed by atoms with Gasteiger partial charge in [-0.05, 0) is 26.1 Å². The van der Waals surface area contributed by atoms with E-state index in [-0.39, 0.29) is 0 Å². The molecule has 2 heterocycles. The first-order chi connectivity index (χ1) is 6.79. The van der Waals surface area contributed by atoms with E-state index in [0.717, 1.165) is 30.0 Å². The number of hydrogen-bond acceptors (Lipinski definition) is 3. The van der Waals surface area contributed by atoms with Gasteiger partial charge in [0.2, 0.25) is 0 Å². The van der Waals surface area contributed by atoms with Crippen LogP contribution in [-0.4, -0.2) is 28.2 Å². The van der Waals surface area contributed by atoms with Crippen molar-refractivity contribution in [2.45, 2.75) is 13.3 Å². The number of hydrogen-bond donors (Lipinski definition) is 1. The fraction of sp³-hybridized carbons (Fsp3) is 0.400. The van der Waals surface area contributed by atoms with Crippen molar-refractivity contribution in [3.63, 3.8) is 0 Å². The molecule has 0 bridgehead atoms. The van der Waals surface area contributed by atoms with Crippen molar-refractivity contribution in [1.82, 2.24) is 19.9 Å². The normalized spacial score (nSPS) is 11.0. The van der Waals surface area contributed by atoms with Crippen LogP contribution in [0.25, 0.3) is 5.65 Å². The Labute approximate surface area is 83.0 Å². The minimum absolute atomic E-state index is 0.918. The number of aromatic nitrogens is 3. The molecule has 0 aromatic carbocycles. The van der Waals surface area contributed by atoms with E-state index in [1.807, 2.05) is 36.8 Å². The van der Waals surface area contributed by atoms with Gasteiger partial charge in [-0.3, -0.25) is 0 Å². The summed E-state index contributed by atoms with van der Waals surface area (Å²) in [7, 11) is 1.94. The molecule has 0 radical (unpaired) electrons. The van der Waals surface area contributed by atoms with Crippen LogP contribution >= 0.6 is 0 Å². The minimum Gasteiger partial charge on any atom is -0.319 e. The average Bonchev–Trinajstić information content (AvgIpc) is 2.56. The molecular formula is C10H14N4. The highest BCUT2D eigenvalue weighted by molar-refractivity contribution is 5.38. The lowest BCUT2D eigenvalue weighted by atomic mass is 10.3. The Balaban J connectivity index is 2.32. The van der Waals surface area contributed by atoms with Crippen molar-refractivity contribution in [1.29, 1.82) is 0 Å². The molecule has 0 spiro atoms. The molecule has 14 heavy (non-hydrogen) atoms. The zero-order valence-corrected chi connectivity index (χ0v) is 8.49. The van der Waals surface area contributed by atoms with Gasteiger partial charge in [-0.15, -0.1) is 0 Å². The third kappa shape index (κ3) is 1.75. The second-order valence-corrected chi connectivity index (χ2v) is 3.36. The van der Waals surface area contributed by atoms with Crippen LogP contribution in [0.5, 0.6) is 0 Å². The summed E-state index contributed by atoms with van der Waals surface area (Å²) < 4.78 is 1.83. The topological polar surface area (TPSA) is 42.2 Å². The molecule has 4 nitrogen and oxygen atoms in total. The highest BCUT2D eigenvalue weighted by atomic mass is 15.2. The molecule has 0 atom stereocenters. The molecule has 4 heteroatoms.